The first-order chi connectivity index (χ1) is 14.1. The molecule has 0 atom stereocenters. The lowest BCUT2D eigenvalue weighted by molar-refractivity contribution is -0.137. The monoisotopic (exact) mass is 428 g/mol. The number of carbonyl (C=O) groups is 1. The zero-order chi connectivity index (χ0) is 23.6. The van der Waals surface area contributed by atoms with E-state index in [1.165, 1.54) is 12.1 Å². The van der Waals surface area contributed by atoms with Gasteiger partial charge in [-0.1, -0.05) is 65.8 Å². The van der Waals surface area contributed by atoms with Gasteiger partial charge in [0.2, 0.25) is 0 Å². The van der Waals surface area contributed by atoms with Crippen molar-refractivity contribution in [3.8, 4) is 6.07 Å². The molecule has 0 aliphatic heterocycles. The first-order valence-corrected chi connectivity index (χ1v) is 9.89. The summed E-state index contributed by atoms with van der Waals surface area (Å²) in [7, 11) is 0. The molecule has 0 aliphatic carbocycles. The number of allylic oxidation sites excluding steroid dienone is 2. The number of amides is 1. The Morgan fingerprint density at radius 1 is 0.871 bits per heavy atom. The zero-order valence-corrected chi connectivity index (χ0v) is 18.6. The molecular weight excluding hydrogens is 401 g/mol. The predicted molar refractivity (Wildman–Crippen MR) is 116 cm³/mol. The van der Waals surface area contributed by atoms with Crippen LogP contribution in [0.5, 0.6) is 0 Å². The number of benzene rings is 2. The lowest BCUT2D eigenvalue weighted by Crippen LogP contribution is -2.31. The molecular formula is C25H27F3N2O. The number of nitrogens with zero attached hydrogens (tertiary/aromatic N) is 1. The van der Waals surface area contributed by atoms with Crippen LogP contribution in [0.4, 0.5) is 13.2 Å². The highest BCUT2D eigenvalue weighted by Crippen LogP contribution is 2.34. The third-order valence-corrected chi connectivity index (χ3v) is 4.84. The maximum atomic E-state index is 13.1. The average molecular weight is 428 g/mol. The van der Waals surface area contributed by atoms with E-state index in [-0.39, 0.29) is 22.2 Å². The fraction of sp³-hybridized carbons (Fsp3) is 0.360. The highest BCUT2D eigenvalue weighted by Gasteiger charge is 2.31. The molecule has 2 aromatic carbocycles. The molecule has 0 spiro atoms. The average Bonchev–Trinajstić information content (AvgIpc) is 2.66. The molecule has 0 saturated heterocycles. The van der Waals surface area contributed by atoms with Crippen LogP contribution in [0.15, 0.2) is 54.2 Å². The molecule has 1 N–H and O–H groups in total. The van der Waals surface area contributed by atoms with Crippen LogP contribution in [-0.4, -0.2) is 5.91 Å². The summed E-state index contributed by atoms with van der Waals surface area (Å²) in [6.45, 7) is 11.6. The summed E-state index contributed by atoms with van der Waals surface area (Å²) in [5.74, 6) is -0.426. The lowest BCUT2D eigenvalue weighted by Gasteiger charge is -2.26. The Morgan fingerprint density at radius 3 is 1.90 bits per heavy atom. The number of hydrogen-bond acceptors (Lipinski definition) is 2. The van der Waals surface area contributed by atoms with E-state index in [9.17, 15) is 23.2 Å². The van der Waals surface area contributed by atoms with E-state index in [4.69, 9.17) is 0 Å². The van der Waals surface area contributed by atoms with Crippen LogP contribution in [0, 0.1) is 16.7 Å². The predicted octanol–water partition coefficient (Wildman–Crippen LogP) is 6.71. The van der Waals surface area contributed by atoms with Crippen molar-refractivity contribution in [1.29, 1.82) is 5.26 Å². The Bertz CT molecular complexity index is 1030. The Morgan fingerprint density at radius 2 is 1.45 bits per heavy atom. The molecule has 0 aromatic heterocycles. The van der Waals surface area contributed by atoms with Crippen LogP contribution in [-0.2, 0) is 11.6 Å². The largest absolute Gasteiger partial charge is 0.416 e. The van der Waals surface area contributed by atoms with E-state index < -0.39 is 23.1 Å². The van der Waals surface area contributed by atoms with Crippen molar-refractivity contribution in [3.05, 3.63) is 76.5 Å². The Hall–Kier alpha value is -3.07. The number of nitriles is 1. The van der Waals surface area contributed by atoms with Crippen molar-refractivity contribution in [2.75, 3.05) is 0 Å². The molecule has 0 bridgehead atoms. The molecule has 31 heavy (non-hydrogen) atoms. The Labute approximate surface area is 181 Å². The van der Waals surface area contributed by atoms with Gasteiger partial charge >= 0.3 is 6.18 Å². The minimum atomic E-state index is -4.53. The third-order valence-electron chi connectivity index (χ3n) is 4.84. The third kappa shape index (κ3) is 5.97. The minimum Gasteiger partial charge on any atom is -0.324 e. The molecule has 1 amide bonds. The van der Waals surface area contributed by atoms with Crippen LogP contribution < -0.4 is 5.32 Å². The van der Waals surface area contributed by atoms with Gasteiger partial charge < -0.3 is 5.32 Å². The van der Waals surface area contributed by atoms with Crippen molar-refractivity contribution < 1.29 is 18.0 Å². The van der Waals surface area contributed by atoms with Gasteiger partial charge in [-0.25, -0.2) is 0 Å². The number of hydrogen-bond donors (Lipinski definition) is 1. The molecule has 0 aliphatic rings. The van der Waals surface area contributed by atoms with Crippen molar-refractivity contribution in [2.45, 2.75) is 53.1 Å². The number of carbonyl (C=O) groups excluding carboxylic acids is 1. The van der Waals surface area contributed by atoms with Crippen molar-refractivity contribution in [2.24, 2.45) is 5.41 Å². The molecule has 0 unspecified atom stereocenters. The van der Waals surface area contributed by atoms with Crippen molar-refractivity contribution in [1.82, 2.24) is 5.32 Å². The second-order valence-corrected chi connectivity index (χ2v) is 9.47. The molecule has 0 heterocycles. The van der Waals surface area contributed by atoms with E-state index in [0.717, 1.165) is 17.7 Å². The summed E-state index contributed by atoms with van der Waals surface area (Å²) in [5.41, 5.74) is 0.218. The maximum absolute atomic E-state index is 13.1. The van der Waals surface area contributed by atoms with Gasteiger partial charge in [-0.15, -0.1) is 0 Å². The van der Waals surface area contributed by atoms with Crippen LogP contribution in [0.2, 0.25) is 0 Å². The summed E-state index contributed by atoms with van der Waals surface area (Å²) in [4.78, 5) is 12.9. The zero-order valence-electron chi connectivity index (χ0n) is 18.6. The highest BCUT2D eigenvalue weighted by atomic mass is 19.4. The summed E-state index contributed by atoms with van der Waals surface area (Å²) >= 11 is 0. The minimum absolute atomic E-state index is 0.00161. The van der Waals surface area contributed by atoms with Gasteiger partial charge in [-0.2, -0.15) is 18.4 Å². The number of halogens is 3. The quantitative estimate of drug-likeness (QED) is 0.552. The number of rotatable bonds is 3. The standard InChI is InChI=1S/C25H27F3N2O/c1-23(2,3)18-12-10-16(11-13-18)22(31)30-21(24(4,5)6)20(15-29)17-8-7-9-19(14-17)25(26,27)28/h7-14H,1-6H3,(H,30,31)/b21-20-. The molecule has 2 rings (SSSR count). The van der Waals surface area contributed by atoms with Crippen molar-refractivity contribution >= 4 is 11.5 Å². The van der Waals surface area contributed by atoms with Gasteiger partial charge in [0.25, 0.3) is 5.91 Å². The van der Waals surface area contributed by atoms with Crippen LogP contribution in [0.25, 0.3) is 5.57 Å². The first kappa shape index (κ1) is 24.2. The number of nitrogens with one attached hydrogen (secondary N) is 1. The summed E-state index contributed by atoms with van der Waals surface area (Å²) in [5, 5.41) is 12.6. The Kier molecular flexibility index (Phi) is 6.70. The van der Waals surface area contributed by atoms with Gasteiger partial charge in [0.15, 0.2) is 0 Å². The Balaban J connectivity index is 2.51. The molecule has 3 nitrogen and oxygen atoms in total. The summed E-state index contributed by atoms with van der Waals surface area (Å²) < 4.78 is 39.4. The van der Waals surface area contributed by atoms with Gasteiger partial charge in [0.05, 0.1) is 11.1 Å². The summed E-state index contributed by atoms with van der Waals surface area (Å²) in [6.07, 6.45) is -4.53. The van der Waals surface area contributed by atoms with Crippen LogP contribution in [0.1, 0.15) is 68.6 Å². The fourth-order valence-corrected chi connectivity index (χ4v) is 3.05. The topological polar surface area (TPSA) is 52.9 Å². The molecule has 2 aromatic rings. The van der Waals surface area contributed by atoms with Gasteiger partial charge in [-0.05, 0) is 40.8 Å². The lowest BCUT2D eigenvalue weighted by atomic mass is 9.85. The smallest absolute Gasteiger partial charge is 0.324 e. The van der Waals surface area contributed by atoms with E-state index >= 15 is 0 Å². The second-order valence-electron chi connectivity index (χ2n) is 9.47. The molecule has 0 radical (unpaired) electrons. The SMILES string of the molecule is CC(C)(C)/C(NC(=O)c1ccc(C(C)(C)C)cc1)=C(\C#N)c1cccc(C(F)(F)F)c1. The molecule has 0 fully saturated rings. The molecule has 6 heteroatoms. The highest BCUT2D eigenvalue weighted by molar-refractivity contribution is 5.97. The molecule has 164 valence electrons. The second kappa shape index (κ2) is 8.58. The van der Waals surface area contributed by atoms with Crippen LogP contribution in [0.3, 0.4) is 0 Å². The fourth-order valence-electron chi connectivity index (χ4n) is 3.05. The van der Waals surface area contributed by atoms with E-state index in [1.54, 1.807) is 32.9 Å². The summed E-state index contributed by atoms with van der Waals surface area (Å²) in [6, 6.07) is 13.7. The van der Waals surface area contributed by atoms with Gasteiger partial charge in [0.1, 0.15) is 6.07 Å². The number of alkyl halides is 3. The first-order valence-electron chi connectivity index (χ1n) is 9.89. The van der Waals surface area contributed by atoms with Crippen molar-refractivity contribution in [3.63, 3.8) is 0 Å². The van der Waals surface area contributed by atoms with Crippen LogP contribution >= 0.6 is 0 Å². The van der Waals surface area contributed by atoms with E-state index in [2.05, 4.69) is 26.1 Å². The maximum Gasteiger partial charge on any atom is 0.416 e. The van der Waals surface area contributed by atoms with E-state index in [1.807, 2.05) is 18.2 Å². The normalized spacial score (nSPS) is 13.3. The molecule has 0 saturated carbocycles. The van der Waals surface area contributed by atoms with Gasteiger partial charge in [0, 0.05) is 16.7 Å². The van der Waals surface area contributed by atoms with Gasteiger partial charge in [-0.3, -0.25) is 4.79 Å². The van der Waals surface area contributed by atoms with E-state index in [0.29, 0.717) is 5.56 Å².